The van der Waals surface area contributed by atoms with E-state index in [4.69, 9.17) is 4.74 Å². The highest BCUT2D eigenvalue weighted by atomic mass is 32.2. The number of hydrogen-bond donors (Lipinski definition) is 1. The minimum absolute atomic E-state index is 0.0470. The minimum atomic E-state index is 0.0470. The summed E-state index contributed by atoms with van der Waals surface area (Å²) in [7, 11) is 0. The SMILES string of the molecule is O=c1[nH]c(CC2CCCCO2)nc2c1CSC2. The second-order valence-electron chi connectivity index (χ2n) is 4.62. The second kappa shape index (κ2) is 4.82. The molecule has 1 unspecified atom stereocenters. The van der Waals surface area contributed by atoms with Crippen LogP contribution in [0.4, 0.5) is 0 Å². The van der Waals surface area contributed by atoms with Crippen LogP contribution in [0.2, 0.25) is 0 Å². The average Bonchev–Trinajstić information content (AvgIpc) is 2.79. The molecule has 4 nitrogen and oxygen atoms in total. The van der Waals surface area contributed by atoms with Gasteiger partial charge in [0.2, 0.25) is 0 Å². The first-order chi connectivity index (χ1) is 8.33. The van der Waals surface area contributed by atoms with Crippen molar-refractivity contribution >= 4 is 11.8 Å². The minimum Gasteiger partial charge on any atom is -0.378 e. The zero-order chi connectivity index (χ0) is 11.7. The number of H-pyrrole nitrogens is 1. The molecule has 0 spiro atoms. The van der Waals surface area contributed by atoms with Gasteiger partial charge in [-0.25, -0.2) is 4.98 Å². The van der Waals surface area contributed by atoms with E-state index in [1.54, 1.807) is 11.8 Å². The Bertz CT molecular complexity index is 466. The smallest absolute Gasteiger partial charge is 0.255 e. The fourth-order valence-electron chi connectivity index (χ4n) is 2.39. The lowest BCUT2D eigenvalue weighted by molar-refractivity contribution is 0.0156. The Balaban J connectivity index is 1.79. The van der Waals surface area contributed by atoms with E-state index in [0.29, 0.717) is 0 Å². The quantitative estimate of drug-likeness (QED) is 0.869. The van der Waals surface area contributed by atoms with Crippen LogP contribution in [0, 0.1) is 0 Å². The maximum absolute atomic E-state index is 11.8. The molecule has 3 rings (SSSR count). The summed E-state index contributed by atoms with van der Waals surface area (Å²) in [5.41, 5.74) is 1.89. The fraction of sp³-hybridized carbons (Fsp3) is 0.667. The van der Waals surface area contributed by atoms with E-state index in [9.17, 15) is 4.79 Å². The molecule has 0 aliphatic carbocycles. The number of nitrogens with one attached hydrogen (secondary N) is 1. The van der Waals surface area contributed by atoms with Crippen molar-refractivity contribution in [3.8, 4) is 0 Å². The Morgan fingerprint density at radius 3 is 3.18 bits per heavy atom. The van der Waals surface area contributed by atoms with E-state index in [1.807, 2.05) is 0 Å². The monoisotopic (exact) mass is 252 g/mol. The number of fused-ring (bicyclic) bond motifs is 1. The van der Waals surface area contributed by atoms with Gasteiger partial charge in [-0.15, -0.1) is 0 Å². The average molecular weight is 252 g/mol. The van der Waals surface area contributed by atoms with Crippen LogP contribution in [-0.2, 0) is 22.7 Å². The van der Waals surface area contributed by atoms with E-state index >= 15 is 0 Å². The second-order valence-corrected chi connectivity index (χ2v) is 5.61. The van der Waals surface area contributed by atoms with Gasteiger partial charge in [-0.2, -0.15) is 11.8 Å². The molecular weight excluding hydrogens is 236 g/mol. The highest BCUT2D eigenvalue weighted by Gasteiger charge is 2.20. The Morgan fingerprint density at radius 2 is 2.35 bits per heavy atom. The van der Waals surface area contributed by atoms with Gasteiger partial charge in [0, 0.05) is 30.1 Å². The molecule has 1 N–H and O–H groups in total. The number of ether oxygens (including phenoxy) is 1. The predicted octanol–water partition coefficient (Wildman–Crippen LogP) is 1.63. The molecule has 92 valence electrons. The third-order valence-corrected chi connectivity index (χ3v) is 4.30. The summed E-state index contributed by atoms with van der Waals surface area (Å²) in [5.74, 6) is 2.47. The molecule has 3 heterocycles. The van der Waals surface area contributed by atoms with Gasteiger partial charge in [-0.1, -0.05) is 0 Å². The van der Waals surface area contributed by atoms with Gasteiger partial charge < -0.3 is 9.72 Å². The Hall–Kier alpha value is -0.810. The molecule has 1 atom stereocenters. The van der Waals surface area contributed by atoms with Gasteiger partial charge in [-0.05, 0) is 19.3 Å². The molecule has 17 heavy (non-hydrogen) atoms. The Kier molecular flexibility index (Phi) is 3.20. The number of rotatable bonds is 2. The number of nitrogens with zero attached hydrogens (tertiary/aromatic N) is 1. The highest BCUT2D eigenvalue weighted by Crippen LogP contribution is 2.25. The summed E-state index contributed by atoms with van der Waals surface area (Å²) >= 11 is 1.76. The summed E-state index contributed by atoms with van der Waals surface area (Å²) in [5, 5.41) is 0. The van der Waals surface area contributed by atoms with Crippen LogP contribution >= 0.6 is 11.8 Å². The summed E-state index contributed by atoms with van der Waals surface area (Å²) in [6.07, 6.45) is 4.43. The maximum atomic E-state index is 11.8. The summed E-state index contributed by atoms with van der Waals surface area (Å²) < 4.78 is 5.67. The van der Waals surface area contributed by atoms with Crippen LogP contribution in [0.25, 0.3) is 0 Å². The molecule has 2 aliphatic rings. The third kappa shape index (κ3) is 2.40. The molecule has 0 aromatic carbocycles. The van der Waals surface area contributed by atoms with E-state index in [0.717, 1.165) is 54.5 Å². The predicted molar refractivity (Wildman–Crippen MR) is 67.2 cm³/mol. The standard InChI is InChI=1S/C12H16N2O2S/c15-12-9-6-17-7-10(9)13-11(14-12)5-8-3-1-2-4-16-8/h8H,1-7H2,(H,13,14,15). The topological polar surface area (TPSA) is 55.0 Å². The van der Waals surface area contributed by atoms with E-state index in [2.05, 4.69) is 9.97 Å². The first kappa shape index (κ1) is 11.3. The van der Waals surface area contributed by atoms with Gasteiger partial charge in [-0.3, -0.25) is 4.79 Å². The van der Waals surface area contributed by atoms with Crippen molar-refractivity contribution in [2.45, 2.75) is 43.3 Å². The number of hydrogen-bond acceptors (Lipinski definition) is 4. The molecule has 1 saturated heterocycles. The summed E-state index contributed by atoms with van der Waals surface area (Å²) in [6.45, 7) is 0.843. The van der Waals surface area contributed by atoms with Gasteiger partial charge in [0.1, 0.15) is 5.82 Å². The van der Waals surface area contributed by atoms with Crippen LogP contribution in [0.3, 0.4) is 0 Å². The first-order valence-corrected chi connectivity index (χ1v) is 7.28. The lowest BCUT2D eigenvalue weighted by Gasteiger charge is -2.22. The van der Waals surface area contributed by atoms with Crippen LogP contribution < -0.4 is 5.56 Å². The van der Waals surface area contributed by atoms with Crippen molar-refractivity contribution in [3.05, 3.63) is 27.4 Å². The molecule has 1 aromatic rings. The molecule has 1 fully saturated rings. The molecule has 5 heteroatoms. The van der Waals surface area contributed by atoms with Gasteiger partial charge in [0.25, 0.3) is 5.56 Å². The van der Waals surface area contributed by atoms with Crippen molar-refractivity contribution in [2.24, 2.45) is 0 Å². The van der Waals surface area contributed by atoms with E-state index < -0.39 is 0 Å². The van der Waals surface area contributed by atoms with Crippen LogP contribution in [0.15, 0.2) is 4.79 Å². The summed E-state index contributed by atoms with van der Waals surface area (Å²) in [6, 6.07) is 0. The normalized spacial score (nSPS) is 23.6. The van der Waals surface area contributed by atoms with Crippen molar-refractivity contribution in [3.63, 3.8) is 0 Å². The molecular formula is C12H16N2O2S. The Morgan fingerprint density at radius 1 is 1.41 bits per heavy atom. The Labute approximate surface area is 104 Å². The molecule has 0 saturated carbocycles. The van der Waals surface area contributed by atoms with Crippen molar-refractivity contribution in [1.29, 1.82) is 0 Å². The van der Waals surface area contributed by atoms with E-state index in [-0.39, 0.29) is 11.7 Å². The summed E-state index contributed by atoms with van der Waals surface area (Å²) in [4.78, 5) is 19.3. The molecule has 0 bridgehead atoms. The maximum Gasteiger partial charge on any atom is 0.255 e. The van der Waals surface area contributed by atoms with Crippen LogP contribution in [0.1, 0.15) is 36.3 Å². The zero-order valence-electron chi connectivity index (χ0n) is 9.70. The lowest BCUT2D eigenvalue weighted by Crippen LogP contribution is -2.25. The molecule has 2 aliphatic heterocycles. The van der Waals surface area contributed by atoms with Crippen LogP contribution in [0.5, 0.6) is 0 Å². The third-order valence-electron chi connectivity index (χ3n) is 3.33. The molecule has 0 radical (unpaired) electrons. The van der Waals surface area contributed by atoms with Crippen molar-refractivity contribution < 1.29 is 4.74 Å². The first-order valence-electron chi connectivity index (χ1n) is 6.13. The van der Waals surface area contributed by atoms with E-state index in [1.165, 1.54) is 6.42 Å². The zero-order valence-corrected chi connectivity index (χ0v) is 10.5. The van der Waals surface area contributed by atoms with Gasteiger partial charge >= 0.3 is 0 Å². The number of aromatic amines is 1. The number of aromatic nitrogens is 2. The molecule has 1 aromatic heterocycles. The van der Waals surface area contributed by atoms with Gasteiger partial charge in [0.15, 0.2) is 0 Å². The molecule has 0 amide bonds. The van der Waals surface area contributed by atoms with Crippen molar-refractivity contribution in [2.75, 3.05) is 6.61 Å². The van der Waals surface area contributed by atoms with Crippen LogP contribution in [-0.4, -0.2) is 22.7 Å². The highest BCUT2D eigenvalue weighted by molar-refractivity contribution is 7.98. The van der Waals surface area contributed by atoms with Crippen molar-refractivity contribution in [1.82, 2.24) is 9.97 Å². The lowest BCUT2D eigenvalue weighted by atomic mass is 10.1. The fourth-order valence-corrected chi connectivity index (χ4v) is 3.43. The van der Waals surface area contributed by atoms with Gasteiger partial charge in [0.05, 0.1) is 11.8 Å². The number of thioether (sulfide) groups is 1. The largest absolute Gasteiger partial charge is 0.378 e.